The predicted octanol–water partition coefficient (Wildman–Crippen LogP) is 3.20. The highest BCUT2D eigenvalue weighted by Crippen LogP contribution is 2.22. The van der Waals surface area contributed by atoms with E-state index in [1.54, 1.807) is 11.7 Å². The molecule has 0 atom stereocenters. The largest absolute Gasteiger partial charge is 0.389 e. The number of aromatic nitrogens is 2. The van der Waals surface area contributed by atoms with E-state index >= 15 is 0 Å². The average Bonchev–Trinajstić information content (AvgIpc) is 2.47. The van der Waals surface area contributed by atoms with Crippen molar-refractivity contribution >= 4 is 11.6 Å². The molecule has 1 aromatic rings. The van der Waals surface area contributed by atoms with Gasteiger partial charge >= 0.3 is 6.18 Å². The van der Waals surface area contributed by atoms with Gasteiger partial charge in [-0.25, -0.2) is 0 Å². The first-order valence-corrected chi connectivity index (χ1v) is 6.14. The Labute approximate surface area is 109 Å². The molecule has 7 heteroatoms. The van der Waals surface area contributed by atoms with Crippen LogP contribution in [0.2, 0.25) is 5.02 Å². The highest BCUT2D eigenvalue weighted by molar-refractivity contribution is 6.31. The van der Waals surface area contributed by atoms with Crippen LogP contribution in [0.1, 0.15) is 30.7 Å². The summed E-state index contributed by atoms with van der Waals surface area (Å²) >= 11 is 6.04. The Kier molecular flexibility index (Phi) is 5.47. The van der Waals surface area contributed by atoms with Crippen LogP contribution in [0.15, 0.2) is 0 Å². The van der Waals surface area contributed by atoms with Crippen molar-refractivity contribution in [2.75, 3.05) is 6.54 Å². The minimum Gasteiger partial charge on any atom is -0.311 e. The summed E-state index contributed by atoms with van der Waals surface area (Å²) < 4.78 is 37.3. The topological polar surface area (TPSA) is 29.9 Å². The molecule has 0 saturated carbocycles. The van der Waals surface area contributed by atoms with Crippen molar-refractivity contribution in [3.05, 3.63) is 16.4 Å². The van der Waals surface area contributed by atoms with E-state index in [2.05, 4.69) is 10.4 Å². The zero-order valence-corrected chi connectivity index (χ0v) is 11.2. The van der Waals surface area contributed by atoms with Crippen LogP contribution in [0.3, 0.4) is 0 Å². The van der Waals surface area contributed by atoms with Crippen molar-refractivity contribution in [1.29, 1.82) is 0 Å². The summed E-state index contributed by atoms with van der Waals surface area (Å²) in [7, 11) is 1.79. The van der Waals surface area contributed by atoms with Gasteiger partial charge in [0.1, 0.15) is 0 Å². The summed E-state index contributed by atoms with van der Waals surface area (Å²) in [5.41, 5.74) is 1.61. The second kappa shape index (κ2) is 6.43. The van der Waals surface area contributed by atoms with Gasteiger partial charge in [0.15, 0.2) is 0 Å². The molecule has 3 nitrogen and oxygen atoms in total. The van der Waals surface area contributed by atoms with Gasteiger partial charge in [-0.1, -0.05) is 11.6 Å². The third-order valence-corrected chi connectivity index (χ3v) is 3.11. The van der Waals surface area contributed by atoms with Crippen molar-refractivity contribution in [2.24, 2.45) is 7.05 Å². The van der Waals surface area contributed by atoms with Crippen molar-refractivity contribution in [3.63, 3.8) is 0 Å². The Bertz CT molecular complexity index is 388. The molecule has 0 bridgehead atoms. The minimum absolute atomic E-state index is 0.147. The summed E-state index contributed by atoms with van der Waals surface area (Å²) in [6.45, 7) is 2.87. The van der Waals surface area contributed by atoms with Crippen LogP contribution in [0, 0.1) is 6.92 Å². The summed E-state index contributed by atoms with van der Waals surface area (Å²) in [5, 5.41) is 7.84. The maximum Gasteiger partial charge on any atom is 0.389 e. The number of unbranched alkanes of at least 4 members (excludes halogenated alkanes) is 1. The summed E-state index contributed by atoms with van der Waals surface area (Å²) in [6, 6.07) is 0. The standard InChI is InChI=1S/C11H17ClF3N3/c1-8-10(12)9(18(2)17-8)7-16-6-4-3-5-11(13,14)15/h16H,3-7H2,1-2H3. The predicted molar refractivity (Wildman–Crippen MR) is 64.6 cm³/mol. The maximum atomic E-state index is 11.9. The zero-order chi connectivity index (χ0) is 13.8. The van der Waals surface area contributed by atoms with Crippen LogP contribution in [0.5, 0.6) is 0 Å². The molecule has 0 unspecified atom stereocenters. The molecule has 0 saturated heterocycles. The fourth-order valence-corrected chi connectivity index (χ4v) is 1.88. The fraction of sp³-hybridized carbons (Fsp3) is 0.727. The molecule has 0 aromatic carbocycles. The van der Waals surface area contributed by atoms with E-state index in [-0.39, 0.29) is 6.42 Å². The Hall–Kier alpha value is -0.750. The fourth-order valence-electron chi connectivity index (χ4n) is 1.65. The lowest BCUT2D eigenvalue weighted by atomic mass is 10.2. The Balaban J connectivity index is 2.22. The van der Waals surface area contributed by atoms with Gasteiger partial charge in [-0.2, -0.15) is 18.3 Å². The molecule has 18 heavy (non-hydrogen) atoms. The Morgan fingerprint density at radius 1 is 1.33 bits per heavy atom. The summed E-state index contributed by atoms with van der Waals surface area (Å²) in [6.07, 6.45) is -4.13. The van der Waals surface area contributed by atoms with Crippen LogP contribution in [0.25, 0.3) is 0 Å². The molecule has 0 radical (unpaired) electrons. The number of aryl methyl sites for hydroxylation is 2. The lowest BCUT2D eigenvalue weighted by Gasteiger charge is -2.07. The van der Waals surface area contributed by atoms with Gasteiger partial charge in [-0.05, 0) is 26.3 Å². The van der Waals surface area contributed by atoms with E-state index in [0.717, 1.165) is 11.4 Å². The van der Waals surface area contributed by atoms with E-state index in [0.29, 0.717) is 24.5 Å². The number of hydrogen-bond acceptors (Lipinski definition) is 2. The SMILES string of the molecule is Cc1nn(C)c(CNCCCCC(F)(F)F)c1Cl. The van der Waals surface area contributed by atoms with Crippen LogP contribution in [-0.4, -0.2) is 22.5 Å². The molecular formula is C11H17ClF3N3. The van der Waals surface area contributed by atoms with E-state index < -0.39 is 12.6 Å². The molecule has 0 aliphatic rings. The number of halogens is 4. The van der Waals surface area contributed by atoms with Crippen molar-refractivity contribution in [2.45, 2.75) is 38.9 Å². The van der Waals surface area contributed by atoms with E-state index in [1.165, 1.54) is 0 Å². The summed E-state index contributed by atoms with van der Waals surface area (Å²) in [5.74, 6) is 0. The Morgan fingerprint density at radius 2 is 2.00 bits per heavy atom. The zero-order valence-electron chi connectivity index (χ0n) is 10.4. The highest BCUT2D eigenvalue weighted by Gasteiger charge is 2.25. The Morgan fingerprint density at radius 3 is 2.50 bits per heavy atom. The van der Waals surface area contributed by atoms with Gasteiger partial charge in [-0.3, -0.25) is 4.68 Å². The van der Waals surface area contributed by atoms with Crippen LogP contribution < -0.4 is 5.32 Å². The number of rotatable bonds is 6. The maximum absolute atomic E-state index is 11.9. The summed E-state index contributed by atoms with van der Waals surface area (Å²) in [4.78, 5) is 0. The number of nitrogens with zero attached hydrogens (tertiary/aromatic N) is 2. The second-order valence-corrected chi connectivity index (χ2v) is 4.60. The van der Waals surface area contributed by atoms with Gasteiger partial charge in [0, 0.05) is 20.0 Å². The average molecular weight is 284 g/mol. The third-order valence-electron chi connectivity index (χ3n) is 2.62. The second-order valence-electron chi connectivity index (χ2n) is 4.22. The first-order chi connectivity index (χ1) is 8.31. The quantitative estimate of drug-likeness (QED) is 0.813. The van der Waals surface area contributed by atoms with E-state index in [1.807, 2.05) is 6.92 Å². The van der Waals surface area contributed by atoms with Gasteiger partial charge < -0.3 is 5.32 Å². The molecule has 104 valence electrons. The third kappa shape index (κ3) is 4.86. The molecule has 0 spiro atoms. The molecular weight excluding hydrogens is 267 g/mol. The van der Waals surface area contributed by atoms with Crippen LogP contribution >= 0.6 is 11.6 Å². The first-order valence-electron chi connectivity index (χ1n) is 5.76. The van der Waals surface area contributed by atoms with Crippen molar-refractivity contribution in [3.8, 4) is 0 Å². The van der Waals surface area contributed by atoms with Gasteiger partial charge in [0.25, 0.3) is 0 Å². The van der Waals surface area contributed by atoms with Crippen molar-refractivity contribution < 1.29 is 13.2 Å². The number of nitrogens with one attached hydrogen (secondary N) is 1. The molecule has 0 fully saturated rings. The molecule has 0 aliphatic heterocycles. The molecule has 1 heterocycles. The van der Waals surface area contributed by atoms with E-state index in [4.69, 9.17) is 11.6 Å². The van der Waals surface area contributed by atoms with Gasteiger partial charge in [0.05, 0.1) is 16.4 Å². The first kappa shape index (κ1) is 15.3. The molecule has 0 aliphatic carbocycles. The molecule has 1 N–H and O–H groups in total. The van der Waals surface area contributed by atoms with Crippen molar-refractivity contribution in [1.82, 2.24) is 15.1 Å². The van der Waals surface area contributed by atoms with Crippen LogP contribution in [-0.2, 0) is 13.6 Å². The van der Waals surface area contributed by atoms with Crippen LogP contribution in [0.4, 0.5) is 13.2 Å². The lowest BCUT2D eigenvalue weighted by molar-refractivity contribution is -0.135. The van der Waals surface area contributed by atoms with E-state index in [9.17, 15) is 13.2 Å². The van der Waals surface area contributed by atoms with Gasteiger partial charge in [0.2, 0.25) is 0 Å². The smallest absolute Gasteiger partial charge is 0.311 e. The molecule has 1 rings (SSSR count). The molecule has 1 aromatic heterocycles. The normalized spacial score (nSPS) is 12.1. The minimum atomic E-state index is -4.05. The highest BCUT2D eigenvalue weighted by atomic mass is 35.5. The van der Waals surface area contributed by atoms with Gasteiger partial charge in [-0.15, -0.1) is 0 Å². The monoisotopic (exact) mass is 283 g/mol. The number of hydrogen-bond donors (Lipinski definition) is 1. The lowest BCUT2D eigenvalue weighted by Crippen LogP contribution is -2.18. The molecule has 0 amide bonds. The number of alkyl halides is 3.